The fourth-order valence-electron chi connectivity index (χ4n) is 0.149. The summed E-state index contributed by atoms with van der Waals surface area (Å²) in [5.74, 6) is 0. The summed E-state index contributed by atoms with van der Waals surface area (Å²) in [5.41, 5.74) is 0. The van der Waals surface area contributed by atoms with Crippen molar-refractivity contribution in [2.75, 3.05) is 0 Å². The van der Waals surface area contributed by atoms with Gasteiger partial charge in [-0.1, -0.05) is 0 Å². The first-order valence-corrected chi connectivity index (χ1v) is 7.58. The Balaban J connectivity index is -0.0000000800. The molecule has 0 unspecified atom stereocenters. The number of hydrogen-bond donors (Lipinski definition) is 4. The van der Waals surface area contributed by atoms with E-state index >= 15 is 0 Å². The summed E-state index contributed by atoms with van der Waals surface area (Å²) in [6, 6.07) is 0. The summed E-state index contributed by atoms with van der Waals surface area (Å²) in [7, 11) is -12.8. The van der Waals surface area contributed by atoms with Crippen molar-refractivity contribution >= 4 is 72.9 Å². The van der Waals surface area contributed by atoms with Gasteiger partial charge in [0.25, 0.3) is 0 Å². The van der Waals surface area contributed by atoms with Crippen molar-refractivity contribution in [3.63, 3.8) is 0 Å². The van der Waals surface area contributed by atoms with Crippen LogP contribution >= 0.6 is 0 Å². The van der Waals surface area contributed by atoms with Gasteiger partial charge >= 0.3 is 55.5 Å². The zero-order chi connectivity index (χ0) is 11.7. The zero-order valence-corrected chi connectivity index (χ0v) is 10.2. The van der Waals surface area contributed by atoms with Crippen LogP contribution < -0.4 is 0 Å². The molecule has 0 amide bonds. The molecule has 0 aliphatic rings. The third-order valence-corrected chi connectivity index (χ3v) is 3.14. The first-order valence-electron chi connectivity index (χ1n) is 2.53. The molecule has 0 aliphatic heterocycles. The third-order valence-electron chi connectivity index (χ3n) is 0.349. The van der Waals surface area contributed by atoms with Gasteiger partial charge in [0.1, 0.15) is 0 Å². The van der Waals surface area contributed by atoms with Gasteiger partial charge < -0.3 is 27.4 Å². The SMILES string of the molecule is O=[Si](O)O[Si](=O)O.O=[Si](O)O[Si](=O)O.[AlH3].[LiH]. The van der Waals surface area contributed by atoms with Crippen LogP contribution in [0.4, 0.5) is 0 Å². The molecular formula is H8AlLiO10Si4. The van der Waals surface area contributed by atoms with Crippen LogP contribution in [-0.4, -0.2) is 92.1 Å². The van der Waals surface area contributed by atoms with E-state index in [9.17, 15) is 17.8 Å². The summed E-state index contributed by atoms with van der Waals surface area (Å²) in [4.78, 5) is 30.8. The fraction of sp³-hybridized carbons (Fsp3) is 0. The van der Waals surface area contributed by atoms with Crippen molar-refractivity contribution in [1.82, 2.24) is 0 Å². The summed E-state index contributed by atoms with van der Waals surface area (Å²) in [6.07, 6.45) is 0. The molecule has 88 valence electrons. The Bertz CT molecular complexity index is 201. The minimum atomic E-state index is -3.20. The van der Waals surface area contributed by atoms with Gasteiger partial charge in [-0.2, -0.15) is 0 Å². The van der Waals surface area contributed by atoms with E-state index in [0.717, 1.165) is 0 Å². The quantitative estimate of drug-likeness (QED) is 0.366. The standard InChI is InChI=1S/Al.Li.2H2O5Si2.4H/c;;2*1-6(2)5-7(3)4;;;;/h;;2*1,3H;;;;. The Morgan fingerprint density at radius 3 is 0.750 bits per heavy atom. The van der Waals surface area contributed by atoms with E-state index in [4.69, 9.17) is 19.2 Å². The second-order valence-corrected chi connectivity index (χ2v) is 5.03. The predicted octanol–water partition coefficient (Wildman–Crippen LogP) is -6.20. The van der Waals surface area contributed by atoms with Gasteiger partial charge in [-0.3, -0.25) is 17.8 Å². The van der Waals surface area contributed by atoms with E-state index in [2.05, 4.69) is 8.23 Å². The van der Waals surface area contributed by atoms with Crippen LogP contribution in [0, 0.1) is 0 Å². The molecule has 16 heavy (non-hydrogen) atoms. The second kappa shape index (κ2) is 15.0. The molecule has 0 atom stereocenters. The molecule has 0 aromatic heterocycles. The van der Waals surface area contributed by atoms with Crippen LogP contribution in [0.2, 0.25) is 0 Å². The molecule has 10 nitrogen and oxygen atoms in total. The molecule has 0 spiro atoms. The summed E-state index contributed by atoms with van der Waals surface area (Å²) < 4.78 is 44.7. The molecular weight excluding hydrogens is 306 g/mol. The van der Waals surface area contributed by atoms with E-state index in [1.807, 2.05) is 0 Å². The zero-order valence-electron chi connectivity index (χ0n) is 6.24. The van der Waals surface area contributed by atoms with Gasteiger partial charge in [0.2, 0.25) is 0 Å². The molecule has 0 heterocycles. The van der Waals surface area contributed by atoms with Crippen LogP contribution in [0.3, 0.4) is 0 Å². The van der Waals surface area contributed by atoms with Crippen LogP contribution in [-0.2, 0) is 26.1 Å². The Morgan fingerprint density at radius 1 is 0.625 bits per heavy atom. The van der Waals surface area contributed by atoms with Gasteiger partial charge in [0.15, 0.2) is 17.4 Å². The van der Waals surface area contributed by atoms with Crippen molar-refractivity contribution in [3.8, 4) is 0 Å². The maximum atomic E-state index is 9.44. The Labute approximate surface area is 118 Å². The average molecular weight is 314 g/mol. The topological polar surface area (TPSA) is 168 Å². The Hall–Kier alpha value is -0.00260. The van der Waals surface area contributed by atoms with Crippen molar-refractivity contribution in [2.45, 2.75) is 0 Å². The maximum absolute atomic E-state index is 9.44. The van der Waals surface area contributed by atoms with Gasteiger partial charge in [-0.15, -0.1) is 0 Å². The molecule has 0 bridgehead atoms. The van der Waals surface area contributed by atoms with E-state index in [0.29, 0.717) is 0 Å². The molecule has 0 aliphatic carbocycles. The molecule has 0 aromatic carbocycles. The molecule has 0 radical (unpaired) electrons. The van der Waals surface area contributed by atoms with Crippen LogP contribution in [0.15, 0.2) is 0 Å². The van der Waals surface area contributed by atoms with Gasteiger partial charge in [0, 0.05) is 0 Å². The summed E-state index contributed by atoms with van der Waals surface area (Å²) >= 11 is 0. The van der Waals surface area contributed by atoms with Crippen LogP contribution in [0.5, 0.6) is 0 Å². The van der Waals surface area contributed by atoms with Crippen molar-refractivity contribution < 1.29 is 45.3 Å². The van der Waals surface area contributed by atoms with E-state index in [-0.39, 0.29) is 36.2 Å². The third kappa shape index (κ3) is 37.0. The van der Waals surface area contributed by atoms with Gasteiger partial charge in [-0.25, -0.2) is 0 Å². The summed E-state index contributed by atoms with van der Waals surface area (Å²) in [5, 5.41) is 0. The monoisotopic (exact) mass is 314 g/mol. The number of hydrogen-bond acceptors (Lipinski definition) is 6. The van der Waals surface area contributed by atoms with Crippen LogP contribution in [0.1, 0.15) is 0 Å². The Kier molecular flexibility index (Phi) is 23.4. The second-order valence-electron chi connectivity index (χ2n) is 1.27. The molecule has 0 rings (SSSR count). The average Bonchev–Trinajstić information content (AvgIpc) is 1.79. The minimum absolute atomic E-state index is 0. The molecule has 0 saturated carbocycles. The van der Waals surface area contributed by atoms with Crippen molar-refractivity contribution in [1.29, 1.82) is 0 Å². The molecule has 0 aromatic rings. The normalized spacial score (nSPS) is 6.50. The van der Waals surface area contributed by atoms with Gasteiger partial charge in [0.05, 0.1) is 0 Å². The first kappa shape index (κ1) is 25.0. The Morgan fingerprint density at radius 2 is 0.750 bits per heavy atom. The van der Waals surface area contributed by atoms with Crippen LogP contribution in [0.25, 0.3) is 0 Å². The fourth-order valence-corrected chi connectivity index (χ4v) is 1.34. The first-order chi connectivity index (χ1) is 6.25. The van der Waals surface area contributed by atoms with Crippen molar-refractivity contribution in [3.05, 3.63) is 0 Å². The molecule has 4 N–H and O–H groups in total. The molecule has 0 saturated heterocycles. The van der Waals surface area contributed by atoms with Crippen molar-refractivity contribution in [2.24, 2.45) is 0 Å². The molecule has 16 heteroatoms. The molecule has 0 fully saturated rings. The number of rotatable bonds is 4. The summed E-state index contributed by atoms with van der Waals surface area (Å²) in [6.45, 7) is 0. The van der Waals surface area contributed by atoms with Gasteiger partial charge in [-0.05, 0) is 0 Å². The van der Waals surface area contributed by atoms with E-state index < -0.39 is 36.7 Å². The van der Waals surface area contributed by atoms with E-state index in [1.54, 1.807) is 0 Å². The predicted molar refractivity (Wildman–Crippen MR) is 53.9 cm³/mol. The van der Waals surface area contributed by atoms with E-state index in [1.165, 1.54) is 0 Å².